The zero-order valence-corrected chi connectivity index (χ0v) is 13.5. The molecule has 0 unspecified atom stereocenters. The van der Waals surface area contributed by atoms with Gasteiger partial charge in [-0.1, -0.05) is 12.1 Å². The first-order valence-corrected chi connectivity index (χ1v) is 7.93. The van der Waals surface area contributed by atoms with E-state index in [4.69, 9.17) is 14.6 Å². The zero-order valence-electron chi connectivity index (χ0n) is 12.7. The van der Waals surface area contributed by atoms with Crippen molar-refractivity contribution in [1.29, 1.82) is 0 Å². The maximum Gasteiger partial charge on any atom is 0.308 e. The quantitative estimate of drug-likeness (QED) is 0.809. The molecule has 2 rings (SSSR count). The number of aliphatic carboxylic acids is 1. The lowest BCUT2D eigenvalue weighted by atomic mass is 10.3. The molecule has 5 nitrogen and oxygen atoms in total. The van der Waals surface area contributed by atoms with Crippen molar-refractivity contribution in [3.63, 3.8) is 0 Å². The van der Waals surface area contributed by atoms with Crippen molar-refractivity contribution < 1.29 is 19.4 Å². The van der Waals surface area contributed by atoms with Crippen molar-refractivity contribution in [3.8, 4) is 11.5 Å². The summed E-state index contributed by atoms with van der Waals surface area (Å²) < 4.78 is 11.3. The Kier molecular flexibility index (Phi) is 5.77. The zero-order chi connectivity index (χ0) is 15.9. The number of hydrogen-bond acceptors (Lipinski definition) is 5. The van der Waals surface area contributed by atoms with Crippen molar-refractivity contribution in [2.45, 2.75) is 26.7 Å². The number of thiazole rings is 1. The van der Waals surface area contributed by atoms with E-state index < -0.39 is 5.97 Å². The van der Waals surface area contributed by atoms with Crippen LogP contribution >= 0.6 is 11.3 Å². The molecule has 0 bridgehead atoms. The van der Waals surface area contributed by atoms with Crippen LogP contribution in [0.4, 0.5) is 0 Å². The highest BCUT2D eigenvalue weighted by Crippen LogP contribution is 2.27. The number of benzene rings is 1. The van der Waals surface area contributed by atoms with Gasteiger partial charge in [-0.25, -0.2) is 4.98 Å². The van der Waals surface area contributed by atoms with Crippen LogP contribution in [0, 0.1) is 6.92 Å². The molecule has 0 saturated carbocycles. The van der Waals surface area contributed by atoms with Crippen molar-refractivity contribution in [2.24, 2.45) is 0 Å². The molecule has 0 aliphatic rings. The van der Waals surface area contributed by atoms with Crippen LogP contribution in [0.15, 0.2) is 24.3 Å². The highest BCUT2D eigenvalue weighted by molar-refractivity contribution is 7.11. The summed E-state index contributed by atoms with van der Waals surface area (Å²) in [5.41, 5.74) is 0.789. The van der Waals surface area contributed by atoms with Gasteiger partial charge in [0.15, 0.2) is 11.5 Å². The molecule has 2 aromatic rings. The summed E-state index contributed by atoms with van der Waals surface area (Å²) >= 11 is 1.43. The van der Waals surface area contributed by atoms with Crippen LogP contribution in [0.25, 0.3) is 0 Å². The Morgan fingerprint density at radius 3 is 2.59 bits per heavy atom. The Bertz CT molecular complexity index is 639. The SMILES string of the molecule is CCOc1ccccc1OCCc1nc(C)c(CC(=O)O)s1. The largest absolute Gasteiger partial charge is 0.490 e. The van der Waals surface area contributed by atoms with E-state index >= 15 is 0 Å². The minimum atomic E-state index is -0.833. The fourth-order valence-corrected chi connectivity index (χ4v) is 3.03. The maximum atomic E-state index is 10.8. The number of carbonyl (C=O) groups is 1. The molecular formula is C16H19NO4S. The molecule has 1 aromatic carbocycles. The Balaban J connectivity index is 1.93. The summed E-state index contributed by atoms with van der Waals surface area (Å²) in [5, 5.41) is 9.74. The van der Waals surface area contributed by atoms with Gasteiger partial charge in [-0.3, -0.25) is 4.79 Å². The molecule has 6 heteroatoms. The summed E-state index contributed by atoms with van der Waals surface area (Å²) in [7, 11) is 0. The van der Waals surface area contributed by atoms with Crippen molar-refractivity contribution >= 4 is 17.3 Å². The third kappa shape index (κ3) is 4.46. The van der Waals surface area contributed by atoms with Crippen LogP contribution in [-0.2, 0) is 17.6 Å². The van der Waals surface area contributed by atoms with Gasteiger partial charge in [0, 0.05) is 11.3 Å². The third-order valence-electron chi connectivity index (χ3n) is 2.97. The fraction of sp³-hybridized carbons (Fsp3) is 0.375. The number of nitrogens with zero attached hydrogens (tertiary/aromatic N) is 1. The third-order valence-corrected chi connectivity index (χ3v) is 4.19. The molecule has 0 radical (unpaired) electrons. The predicted molar refractivity (Wildman–Crippen MR) is 85.0 cm³/mol. The monoisotopic (exact) mass is 321 g/mol. The second-order valence-corrected chi connectivity index (χ2v) is 5.83. The molecular weight excluding hydrogens is 302 g/mol. The average Bonchev–Trinajstić information content (AvgIpc) is 2.80. The Hall–Kier alpha value is -2.08. The summed E-state index contributed by atoms with van der Waals surface area (Å²) in [4.78, 5) is 16.0. The molecule has 0 atom stereocenters. The topological polar surface area (TPSA) is 68.7 Å². The first-order chi connectivity index (χ1) is 10.6. The van der Waals surface area contributed by atoms with Crippen molar-refractivity contribution in [1.82, 2.24) is 4.98 Å². The van der Waals surface area contributed by atoms with Crippen LogP contribution in [0.3, 0.4) is 0 Å². The summed E-state index contributed by atoms with van der Waals surface area (Å²) in [5.74, 6) is 0.607. The summed E-state index contributed by atoms with van der Waals surface area (Å²) in [6.45, 7) is 4.83. The Morgan fingerprint density at radius 1 is 1.27 bits per heavy atom. The number of ether oxygens (including phenoxy) is 2. The van der Waals surface area contributed by atoms with Gasteiger partial charge in [0.1, 0.15) is 0 Å². The molecule has 0 aliphatic heterocycles. The minimum Gasteiger partial charge on any atom is -0.490 e. The maximum absolute atomic E-state index is 10.8. The van der Waals surface area contributed by atoms with Gasteiger partial charge in [-0.15, -0.1) is 11.3 Å². The molecule has 0 fully saturated rings. The molecule has 22 heavy (non-hydrogen) atoms. The Labute approximate surface area is 133 Å². The minimum absolute atomic E-state index is 0.0253. The number of rotatable bonds is 8. The van der Waals surface area contributed by atoms with Crippen LogP contribution in [0.1, 0.15) is 22.5 Å². The van der Waals surface area contributed by atoms with Gasteiger partial charge < -0.3 is 14.6 Å². The molecule has 1 heterocycles. The van der Waals surface area contributed by atoms with Gasteiger partial charge >= 0.3 is 5.97 Å². The number of para-hydroxylation sites is 2. The molecule has 0 spiro atoms. The van der Waals surface area contributed by atoms with Crippen LogP contribution in [0.2, 0.25) is 0 Å². The van der Waals surface area contributed by atoms with Crippen LogP contribution in [0.5, 0.6) is 11.5 Å². The summed E-state index contributed by atoms with van der Waals surface area (Å²) in [6, 6.07) is 7.54. The fourth-order valence-electron chi connectivity index (χ4n) is 1.99. The number of aryl methyl sites for hydroxylation is 1. The van der Waals surface area contributed by atoms with E-state index in [0.717, 1.165) is 21.3 Å². The van der Waals surface area contributed by atoms with Gasteiger partial charge in [-0.2, -0.15) is 0 Å². The highest BCUT2D eigenvalue weighted by atomic mass is 32.1. The van der Waals surface area contributed by atoms with Gasteiger partial charge in [0.05, 0.1) is 30.3 Å². The van der Waals surface area contributed by atoms with Gasteiger partial charge in [0.2, 0.25) is 0 Å². The second kappa shape index (κ2) is 7.79. The average molecular weight is 321 g/mol. The van der Waals surface area contributed by atoms with Crippen molar-refractivity contribution in [2.75, 3.05) is 13.2 Å². The Morgan fingerprint density at radius 2 is 1.95 bits per heavy atom. The lowest BCUT2D eigenvalue weighted by molar-refractivity contribution is -0.136. The molecule has 1 aromatic heterocycles. The van der Waals surface area contributed by atoms with E-state index in [9.17, 15) is 4.79 Å². The van der Waals surface area contributed by atoms with Crippen LogP contribution < -0.4 is 9.47 Å². The first kappa shape index (κ1) is 16.3. The molecule has 0 aliphatic carbocycles. The van der Waals surface area contributed by atoms with E-state index in [-0.39, 0.29) is 6.42 Å². The first-order valence-electron chi connectivity index (χ1n) is 7.11. The second-order valence-electron chi connectivity index (χ2n) is 4.66. The smallest absolute Gasteiger partial charge is 0.308 e. The van der Waals surface area contributed by atoms with Crippen molar-refractivity contribution in [3.05, 3.63) is 39.8 Å². The van der Waals surface area contributed by atoms with E-state index in [2.05, 4.69) is 4.98 Å². The van der Waals surface area contributed by atoms with E-state index in [1.54, 1.807) is 0 Å². The van der Waals surface area contributed by atoms with E-state index in [0.29, 0.717) is 25.4 Å². The van der Waals surface area contributed by atoms with Gasteiger partial charge in [-0.05, 0) is 26.0 Å². The lowest BCUT2D eigenvalue weighted by Gasteiger charge is -2.10. The standard InChI is InChI=1S/C16H19NO4S/c1-3-20-12-6-4-5-7-13(12)21-9-8-15-17-11(2)14(22-15)10-16(18)19/h4-7H,3,8-10H2,1-2H3,(H,18,19). The molecule has 0 amide bonds. The molecule has 118 valence electrons. The number of carboxylic acid groups (broad SMARTS) is 1. The number of carboxylic acids is 1. The number of hydrogen-bond donors (Lipinski definition) is 1. The molecule has 0 saturated heterocycles. The highest BCUT2D eigenvalue weighted by Gasteiger charge is 2.11. The van der Waals surface area contributed by atoms with E-state index in [1.165, 1.54) is 11.3 Å². The summed E-state index contributed by atoms with van der Waals surface area (Å²) in [6.07, 6.45) is 0.670. The van der Waals surface area contributed by atoms with E-state index in [1.807, 2.05) is 38.1 Å². The van der Waals surface area contributed by atoms with Crippen LogP contribution in [-0.4, -0.2) is 29.3 Å². The van der Waals surface area contributed by atoms with Gasteiger partial charge in [0.25, 0.3) is 0 Å². The predicted octanol–water partition coefficient (Wildman–Crippen LogP) is 3.10. The normalized spacial score (nSPS) is 10.5. The lowest BCUT2D eigenvalue weighted by Crippen LogP contribution is -2.03. The number of aromatic nitrogens is 1. The molecule has 1 N–H and O–H groups in total.